The fourth-order valence-electron chi connectivity index (χ4n) is 3.66. The van der Waals surface area contributed by atoms with E-state index in [4.69, 9.17) is 14.0 Å². The lowest BCUT2D eigenvalue weighted by Gasteiger charge is -2.26. The van der Waals surface area contributed by atoms with Crippen molar-refractivity contribution in [2.75, 3.05) is 6.54 Å². The van der Waals surface area contributed by atoms with Gasteiger partial charge in [0.2, 0.25) is 5.58 Å². The van der Waals surface area contributed by atoms with Gasteiger partial charge >= 0.3 is 12.1 Å². The second-order valence-electron chi connectivity index (χ2n) is 8.78. The molecule has 2 aromatic heterocycles. The number of ether oxygens (including phenoxy) is 2. The third-order valence-electron chi connectivity index (χ3n) is 5.09. The molecular formula is C23H25N3O6. The number of carbonyl (C=O) groups is 2. The Hall–Kier alpha value is -3.62. The molecule has 0 radical (unpaired) electrons. The maximum atomic E-state index is 12.6. The van der Waals surface area contributed by atoms with E-state index in [9.17, 15) is 14.7 Å². The number of carboxylic acid groups (broad SMARTS) is 1. The number of pyridine rings is 1. The van der Waals surface area contributed by atoms with Gasteiger partial charge in [0.15, 0.2) is 5.75 Å². The van der Waals surface area contributed by atoms with E-state index >= 15 is 0 Å². The molecule has 0 saturated carbocycles. The van der Waals surface area contributed by atoms with Crippen LogP contribution in [-0.4, -0.2) is 56.5 Å². The van der Waals surface area contributed by atoms with Crippen molar-refractivity contribution >= 4 is 23.2 Å². The van der Waals surface area contributed by atoms with Crippen LogP contribution in [0.15, 0.2) is 40.9 Å². The molecule has 9 nitrogen and oxygen atoms in total. The molecular weight excluding hydrogens is 414 g/mol. The number of fused-ring (bicyclic) bond motifs is 1. The minimum Gasteiger partial charge on any atom is -0.484 e. The molecule has 1 N–H and O–H groups in total. The highest BCUT2D eigenvalue weighted by atomic mass is 16.6. The molecule has 2 atom stereocenters. The molecule has 1 saturated heterocycles. The van der Waals surface area contributed by atoms with Crippen molar-refractivity contribution < 1.29 is 28.7 Å². The van der Waals surface area contributed by atoms with Gasteiger partial charge in [-0.2, -0.15) is 0 Å². The van der Waals surface area contributed by atoms with Crippen molar-refractivity contribution in [3.63, 3.8) is 0 Å². The van der Waals surface area contributed by atoms with E-state index in [-0.39, 0.29) is 13.0 Å². The molecule has 1 aliphatic rings. The number of rotatable bonds is 4. The molecule has 168 valence electrons. The number of aliphatic carboxylic acids is 1. The summed E-state index contributed by atoms with van der Waals surface area (Å²) in [5, 5.41) is 13.6. The fourth-order valence-corrected chi connectivity index (χ4v) is 3.66. The maximum absolute atomic E-state index is 12.6. The van der Waals surface area contributed by atoms with Crippen molar-refractivity contribution in [2.45, 2.75) is 51.9 Å². The van der Waals surface area contributed by atoms with Crippen LogP contribution in [0, 0.1) is 6.92 Å². The normalized spacial score (nSPS) is 18.7. The summed E-state index contributed by atoms with van der Waals surface area (Å²) in [6, 6.07) is 10.3. The highest BCUT2D eigenvalue weighted by molar-refractivity contribution is 5.85. The molecule has 0 bridgehead atoms. The van der Waals surface area contributed by atoms with Gasteiger partial charge < -0.3 is 19.1 Å². The minimum atomic E-state index is -1.11. The summed E-state index contributed by atoms with van der Waals surface area (Å²) < 4.78 is 17.0. The first-order valence-electron chi connectivity index (χ1n) is 10.3. The number of aryl methyl sites for hydroxylation is 1. The monoisotopic (exact) mass is 439 g/mol. The number of nitrogens with zero attached hydrogens (tertiary/aromatic N) is 3. The Morgan fingerprint density at radius 3 is 2.59 bits per heavy atom. The Labute approximate surface area is 184 Å². The van der Waals surface area contributed by atoms with Crippen molar-refractivity contribution in [3.8, 4) is 17.0 Å². The van der Waals surface area contributed by atoms with E-state index in [1.807, 2.05) is 30.3 Å². The number of benzene rings is 1. The Bertz CT molecular complexity index is 1150. The van der Waals surface area contributed by atoms with Crippen LogP contribution in [0.5, 0.6) is 5.75 Å². The van der Waals surface area contributed by atoms with Gasteiger partial charge in [0.25, 0.3) is 0 Å². The third-order valence-corrected chi connectivity index (χ3v) is 5.09. The molecule has 1 amide bonds. The van der Waals surface area contributed by atoms with Crippen molar-refractivity contribution in [3.05, 3.63) is 42.1 Å². The van der Waals surface area contributed by atoms with Crippen LogP contribution in [0.3, 0.4) is 0 Å². The van der Waals surface area contributed by atoms with Crippen molar-refractivity contribution in [1.82, 2.24) is 15.0 Å². The molecule has 1 aromatic carbocycles. The van der Waals surface area contributed by atoms with Crippen LogP contribution in [0.1, 0.15) is 32.9 Å². The molecule has 0 aliphatic carbocycles. The van der Waals surface area contributed by atoms with E-state index in [1.54, 1.807) is 33.8 Å². The van der Waals surface area contributed by atoms with Gasteiger partial charge in [0.05, 0.1) is 12.2 Å². The Kier molecular flexibility index (Phi) is 5.50. The summed E-state index contributed by atoms with van der Waals surface area (Å²) >= 11 is 0. The van der Waals surface area contributed by atoms with Gasteiger partial charge in [0.1, 0.15) is 29.0 Å². The lowest BCUT2D eigenvalue weighted by atomic mass is 10.1. The Balaban J connectivity index is 1.64. The zero-order chi connectivity index (χ0) is 23.0. The predicted molar refractivity (Wildman–Crippen MR) is 115 cm³/mol. The van der Waals surface area contributed by atoms with Crippen LogP contribution in [0.4, 0.5) is 4.79 Å². The first kappa shape index (κ1) is 21.6. The zero-order valence-electron chi connectivity index (χ0n) is 18.4. The molecule has 3 aromatic rings. The van der Waals surface area contributed by atoms with Crippen LogP contribution in [0.25, 0.3) is 22.4 Å². The third kappa shape index (κ3) is 4.37. The first-order valence-corrected chi connectivity index (χ1v) is 10.3. The van der Waals surface area contributed by atoms with Gasteiger partial charge in [-0.1, -0.05) is 35.5 Å². The number of aromatic nitrogens is 2. The van der Waals surface area contributed by atoms with E-state index in [0.717, 1.165) is 5.56 Å². The van der Waals surface area contributed by atoms with Crippen molar-refractivity contribution in [2.24, 2.45) is 0 Å². The summed E-state index contributed by atoms with van der Waals surface area (Å²) in [5.74, 6) is -0.711. The number of amides is 1. The molecule has 4 rings (SSSR count). The molecule has 1 aliphatic heterocycles. The lowest BCUT2D eigenvalue weighted by molar-refractivity contribution is -0.142. The van der Waals surface area contributed by atoms with E-state index in [2.05, 4.69) is 10.1 Å². The van der Waals surface area contributed by atoms with Crippen LogP contribution >= 0.6 is 0 Å². The highest BCUT2D eigenvalue weighted by Gasteiger charge is 2.43. The van der Waals surface area contributed by atoms with Gasteiger partial charge in [-0.15, -0.1) is 0 Å². The predicted octanol–water partition coefficient (Wildman–Crippen LogP) is 4.04. The zero-order valence-corrected chi connectivity index (χ0v) is 18.4. The second kappa shape index (κ2) is 8.14. The van der Waals surface area contributed by atoms with E-state index in [0.29, 0.717) is 28.2 Å². The summed E-state index contributed by atoms with van der Waals surface area (Å²) in [4.78, 5) is 30.2. The molecule has 1 unspecified atom stereocenters. The highest BCUT2D eigenvalue weighted by Crippen LogP contribution is 2.34. The van der Waals surface area contributed by atoms with Gasteiger partial charge in [-0.05, 0) is 27.7 Å². The van der Waals surface area contributed by atoms with Gasteiger partial charge in [-0.25, -0.2) is 14.6 Å². The fraction of sp³-hybridized carbons (Fsp3) is 0.391. The minimum absolute atomic E-state index is 0.0729. The topological polar surface area (TPSA) is 115 Å². The van der Waals surface area contributed by atoms with Gasteiger partial charge in [-0.3, -0.25) is 4.90 Å². The SMILES string of the molecule is Cc1noc2c(OC3C[C@@H](C(=O)O)N(C(=O)OC(C)(C)C)C3)cc(-c3ccccc3)nc12. The average Bonchev–Trinajstić information content (AvgIpc) is 3.32. The Morgan fingerprint density at radius 1 is 1.22 bits per heavy atom. The summed E-state index contributed by atoms with van der Waals surface area (Å²) in [6.45, 7) is 7.06. The van der Waals surface area contributed by atoms with Crippen LogP contribution < -0.4 is 4.74 Å². The van der Waals surface area contributed by atoms with Crippen LogP contribution in [-0.2, 0) is 9.53 Å². The van der Waals surface area contributed by atoms with Crippen molar-refractivity contribution in [1.29, 1.82) is 0 Å². The number of carboxylic acids is 1. The quantitative estimate of drug-likeness (QED) is 0.648. The second-order valence-corrected chi connectivity index (χ2v) is 8.78. The first-order chi connectivity index (χ1) is 15.1. The van der Waals surface area contributed by atoms with Crippen LogP contribution in [0.2, 0.25) is 0 Å². The van der Waals surface area contributed by atoms with E-state index < -0.39 is 29.8 Å². The molecule has 9 heteroatoms. The summed E-state index contributed by atoms with van der Waals surface area (Å²) in [7, 11) is 0. The average molecular weight is 439 g/mol. The van der Waals surface area contributed by atoms with E-state index in [1.165, 1.54) is 4.90 Å². The van der Waals surface area contributed by atoms with Gasteiger partial charge in [0, 0.05) is 18.1 Å². The molecule has 32 heavy (non-hydrogen) atoms. The maximum Gasteiger partial charge on any atom is 0.411 e. The molecule has 3 heterocycles. The number of carbonyl (C=O) groups excluding carboxylic acids is 1. The summed E-state index contributed by atoms with van der Waals surface area (Å²) in [5.41, 5.74) is 2.40. The Morgan fingerprint density at radius 2 is 1.94 bits per heavy atom. The smallest absolute Gasteiger partial charge is 0.411 e. The number of hydrogen-bond donors (Lipinski definition) is 1. The largest absolute Gasteiger partial charge is 0.484 e. The summed E-state index contributed by atoms with van der Waals surface area (Å²) in [6.07, 6.45) is -1.13. The molecule has 0 spiro atoms. The number of likely N-dealkylation sites (tertiary alicyclic amines) is 1. The molecule has 1 fully saturated rings. The number of hydrogen-bond acceptors (Lipinski definition) is 7. The lowest BCUT2D eigenvalue weighted by Crippen LogP contribution is -2.43. The standard InChI is InChI=1S/C23H25N3O6/c1-13-19-20(32-25-13)18(11-16(24-19)14-8-6-5-7-9-14)30-15-10-17(21(27)28)26(12-15)22(29)31-23(2,3)4/h5-9,11,15,17H,10,12H2,1-4H3,(H,27,28)/t15?,17-/m0/s1.